The van der Waals surface area contributed by atoms with Crippen LogP contribution in [0.3, 0.4) is 0 Å². The lowest BCUT2D eigenvalue weighted by atomic mass is 10.1. The first-order valence-electron chi connectivity index (χ1n) is 4.42. The molecule has 15 heavy (non-hydrogen) atoms. The van der Waals surface area contributed by atoms with Gasteiger partial charge in [-0.05, 0) is 18.6 Å². The first kappa shape index (κ1) is 11.0. The minimum absolute atomic E-state index is 0.376. The van der Waals surface area contributed by atoms with Crippen molar-refractivity contribution in [2.45, 2.75) is 6.42 Å². The van der Waals surface area contributed by atoms with E-state index in [1.807, 2.05) is 0 Å². The summed E-state index contributed by atoms with van der Waals surface area (Å²) in [4.78, 5) is 21.6. The predicted molar refractivity (Wildman–Crippen MR) is 54.8 cm³/mol. The Balaban J connectivity index is 2.60. The predicted octanol–water partition coefficient (Wildman–Crippen LogP) is -0.0839. The number of carbonyl (C=O) groups excluding carboxylic acids is 1. The lowest BCUT2D eigenvalue weighted by molar-refractivity contribution is -0.137. The van der Waals surface area contributed by atoms with E-state index in [1.54, 1.807) is 24.3 Å². The van der Waals surface area contributed by atoms with Gasteiger partial charge in [0.25, 0.3) is 0 Å². The van der Waals surface area contributed by atoms with Gasteiger partial charge in [-0.25, -0.2) is 0 Å². The molecule has 0 aromatic heterocycles. The molecule has 0 saturated heterocycles. The minimum atomic E-state index is -1.07. The molecule has 0 fully saturated rings. The number of carboxylic acids is 1. The molecule has 0 heterocycles. The largest absolute Gasteiger partial charge is 0.480 e. The summed E-state index contributed by atoms with van der Waals surface area (Å²) in [7, 11) is 0. The Hall–Kier alpha value is -2.04. The highest BCUT2D eigenvalue weighted by Gasteiger charge is 2.09. The van der Waals surface area contributed by atoms with Gasteiger partial charge in [0, 0.05) is 11.3 Å². The normalized spacial score (nSPS) is 14.9. The van der Waals surface area contributed by atoms with E-state index in [9.17, 15) is 9.59 Å². The fraction of sp³-hybridized carbons (Fsp3) is 0.200. The molecule has 0 aromatic rings. The van der Waals surface area contributed by atoms with Crippen molar-refractivity contribution in [3.05, 3.63) is 35.6 Å². The van der Waals surface area contributed by atoms with Gasteiger partial charge in [0.1, 0.15) is 6.54 Å². The van der Waals surface area contributed by atoms with Crippen molar-refractivity contribution in [1.82, 2.24) is 5.32 Å². The number of carbonyl (C=O) groups is 2. The van der Waals surface area contributed by atoms with E-state index in [2.05, 4.69) is 5.32 Å². The molecule has 5 heteroatoms. The summed E-state index contributed by atoms with van der Waals surface area (Å²) < 4.78 is 0. The molecular weight excluding hydrogens is 196 g/mol. The van der Waals surface area contributed by atoms with E-state index in [0.717, 1.165) is 0 Å². The van der Waals surface area contributed by atoms with Crippen molar-refractivity contribution >= 4 is 11.9 Å². The molecule has 0 bridgehead atoms. The summed E-state index contributed by atoms with van der Waals surface area (Å²) in [6.45, 7) is -0.376. The fourth-order valence-corrected chi connectivity index (χ4v) is 1.08. The molecule has 0 aromatic carbocycles. The monoisotopic (exact) mass is 208 g/mol. The van der Waals surface area contributed by atoms with Crippen LogP contribution in [-0.2, 0) is 9.59 Å². The van der Waals surface area contributed by atoms with Gasteiger partial charge in [-0.15, -0.1) is 0 Å². The van der Waals surface area contributed by atoms with Crippen LogP contribution < -0.4 is 11.1 Å². The van der Waals surface area contributed by atoms with Crippen molar-refractivity contribution in [2.24, 2.45) is 5.73 Å². The van der Waals surface area contributed by atoms with Crippen LogP contribution in [0.4, 0.5) is 0 Å². The molecule has 0 saturated carbocycles. The van der Waals surface area contributed by atoms with Crippen LogP contribution in [-0.4, -0.2) is 23.5 Å². The third kappa shape index (κ3) is 3.68. The third-order valence-corrected chi connectivity index (χ3v) is 1.82. The number of amides is 1. The zero-order valence-electron chi connectivity index (χ0n) is 8.06. The van der Waals surface area contributed by atoms with Crippen LogP contribution in [0.25, 0.3) is 0 Å². The standard InChI is InChI=1S/C10H12N2O3/c11-8-3-1-2-7(4-5-8)10(15)12-6-9(13)14/h1,3-5H,2,6,11H2,(H,12,15)(H,13,14). The summed E-state index contributed by atoms with van der Waals surface area (Å²) in [5.74, 6) is -1.45. The summed E-state index contributed by atoms with van der Waals surface area (Å²) in [5.41, 5.74) is 6.58. The second kappa shape index (κ2) is 4.99. The highest BCUT2D eigenvalue weighted by molar-refractivity contribution is 5.95. The van der Waals surface area contributed by atoms with Crippen LogP contribution in [0.2, 0.25) is 0 Å². The van der Waals surface area contributed by atoms with E-state index in [1.165, 1.54) is 0 Å². The molecule has 1 aliphatic carbocycles. The van der Waals surface area contributed by atoms with E-state index in [0.29, 0.717) is 17.7 Å². The molecule has 1 amide bonds. The van der Waals surface area contributed by atoms with Gasteiger partial charge in [-0.3, -0.25) is 9.59 Å². The van der Waals surface area contributed by atoms with Crippen molar-refractivity contribution < 1.29 is 14.7 Å². The van der Waals surface area contributed by atoms with Gasteiger partial charge in [-0.1, -0.05) is 12.2 Å². The van der Waals surface area contributed by atoms with Gasteiger partial charge in [0.05, 0.1) is 0 Å². The van der Waals surface area contributed by atoms with E-state index in [-0.39, 0.29) is 12.5 Å². The number of allylic oxidation sites excluding steroid dienone is 4. The highest BCUT2D eigenvalue weighted by atomic mass is 16.4. The van der Waals surface area contributed by atoms with Crippen molar-refractivity contribution in [2.75, 3.05) is 6.54 Å². The maximum absolute atomic E-state index is 11.4. The summed E-state index contributed by atoms with van der Waals surface area (Å²) >= 11 is 0. The number of nitrogens with two attached hydrogens (primary N) is 1. The Bertz CT molecular complexity index is 367. The number of hydrogen-bond donors (Lipinski definition) is 3. The van der Waals surface area contributed by atoms with Gasteiger partial charge < -0.3 is 16.2 Å². The van der Waals surface area contributed by atoms with Crippen LogP contribution >= 0.6 is 0 Å². The molecule has 1 rings (SSSR count). The zero-order valence-corrected chi connectivity index (χ0v) is 8.06. The number of hydrogen-bond acceptors (Lipinski definition) is 3. The van der Waals surface area contributed by atoms with E-state index >= 15 is 0 Å². The second-order valence-electron chi connectivity index (χ2n) is 3.04. The molecule has 4 N–H and O–H groups in total. The Kier molecular flexibility index (Phi) is 3.68. The maximum Gasteiger partial charge on any atom is 0.322 e. The summed E-state index contributed by atoms with van der Waals surface area (Å²) in [6, 6.07) is 0. The van der Waals surface area contributed by atoms with Gasteiger partial charge in [0.15, 0.2) is 0 Å². The minimum Gasteiger partial charge on any atom is -0.480 e. The maximum atomic E-state index is 11.4. The Morgan fingerprint density at radius 3 is 2.87 bits per heavy atom. The number of rotatable bonds is 3. The van der Waals surface area contributed by atoms with Gasteiger partial charge >= 0.3 is 5.97 Å². The quantitative estimate of drug-likeness (QED) is 0.604. The fourth-order valence-electron chi connectivity index (χ4n) is 1.08. The molecule has 80 valence electrons. The van der Waals surface area contributed by atoms with Crippen LogP contribution in [0.15, 0.2) is 35.6 Å². The van der Waals surface area contributed by atoms with E-state index < -0.39 is 5.97 Å². The highest BCUT2D eigenvalue weighted by Crippen LogP contribution is 2.08. The molecule has 0 spiro atoms. The molecule has 0 atom stereocenters. The van der Waals surface area contributed by atoms with Gasteiger partial charge in [-0.2, -0.15) is 0 Å². The average molecular weight is 208 g/mol. The Morgan fingerprint density at radius 2 is 2.20 bits per heavy atom. The Labute approximate surface area is 87.0 Å². The molecule has 0 radical (unpaired) electrons. The average Bonchev–Trinajstić information content (AvgIpc) is 2.39. The van der Waals surface area contributed by atoms with Gasteiger partial charge in [0.2, 0.25) is 5.91 Å². The van der Waals surface area contributed by atoms with Crippen LogP contribution in [0.5, 0.6) is 0 Å². The molecule has 0 aliphatic heterocycles. The SMILES string of the molecule is NC1=CC=C(C(=O)NCC(=O)O)CC=C1. The number of nitrogens with one attached hydrogen (secondary N) is 1. The summed E-state index contributed by atoms with van der Waals surface area (Å²) in [5, 5.41) is 10.7. The second-order valence-corrected chi connectivity index (χ2v) is 3.04. The molecular formula is C10H12N2O3. The lowest BCUT2D eigenvalue weighted by Crippen LogP contribution is -2.30. The van der Waals surface area contributed by atoms with Crippen LogP contribution in [0, 0.1) is 0 Å². The smallest absolute Gasteiger partial charge is 0.322 e. The first-order chi connectivity index (χ1) is 7.09. The van der Waals surface area contributed by atoms with Crippen molar-refractivity contribution in [3.8, 4) is 0 Å². The molecule has 0 unspecified atom stereocenters. The molecule has 5 nitrogen and oxygen atoms in total. The van der Waals surface area contributed by atoms with Crippen molar-refractivity contribution in [1.29, 1.82) is 0 Å². The summed E-state index contributed by atoms with van der Waals surface area (Å²) in [6.07, 6.45) is 7.10. The third-order valence-electron chi connectivity index (χ3n) is 1.82. The van der Waals surface area contributed by atoms with E-state index in [4.69, 9.17) is 10.8 Å². The first-order valence-corrected chi connectivity index (χ1v) is 4.42. The van der Waals surface area contributed by atoms with Crippen LogP contribution in [0.1, 0.15) is 6.42 Å². The topological polar surface area (TPSA) is 92.4 Å². The number of aliphatic carboxylic acids is 1. The molecule has 1 aliphatic rings. The Morgan fingerprint density at radius 1 is 1.47 bits per heavy atom. The zero-order chi connectivity index (χ0) is 11.3. The number of carboxylic acid groups (broad SMARTS) is 1. The lowest BCUT2D eigenvalue weighted by Gasteiger charge is -2.03. The van der Waals surface area contributed by atoms with Crippen molar-refractivity contribution in [3.63, 3.8) is 0 Å².